The van der Waals surface area contributed by atoms with Crippen LogP contribution >= 0.6 is 0 Å². The predicted octanol–water partition coefficient (Wildman–Crippen LogP) is 4.14. The fraction of sp³-hybridized carbons (Fsp3) is 0.429. The Kier molecular flexibility index (Phi) is 11.7. The van der Waals surface area contributed by atoms with Gasteiger partial charge in [-0.25, -0.2) is 5.48 Å². The number of hydrogen-bond donors (Lipinski definition) is 5. The number of carbonyl (C=O) groups is 2. The van der Waals surface area contributed by atoms with Gasteiger partial charge >= 0.3 is 0 Å². The van der Waals surface area contributed by atoms with E-state index >= 15 is 0 Å². The number of nitrogens with zero attached hydrogens (tertiary/aromatic N) is 1. The normalized spacial score (nSPS) is 21.8. The Morgan fingerprint density at radius 3 is 2.36 bits per heavy atom. The molecule has 45 heavy (non-hydrogen) atoms. The van der Waals surface area contributed by atoms with E-state index in [0.717, 1.165) is 59.3 Å². The van der Waals surface area contributed by atoms with Crippen molar-refractivity contribution < 1.29 is 34.5 Å². The number of aliphatic hydroxyl groups is 2. The van der Waals surface area contributed by atoms with Crippen LogP contribution in [0.3, 0.4) is 0 Å². The number of hydroxylamine groups is 1. The number of carbonyl (C=O) groups excluding carboxylic acids is 2. The summed E-state index contributed by atoms with van der Waals surface area (Å²) in [6.45, 7) is 2.16. The molecule has 0 spiro atoms. The Bertz CT molecular complexity index is 1400. The first-order valence-electron chi connectivity index (χ1n) is 15.7. The third-order valence-corrected chi connectivity index (χ3v) is 8.68. The van der Waals surface area contributed by atoms with E-state index in [9.17, 15) is 19.8 Å². The summed E-state index contributed by atoms with van der Waals surface area (Å²) in [6.07, 6.45) is 2.54. The molecule has 2 amide bonds. The molecule has 2 aliphatic heterocycles. The molecule has 240 valence electrons. The van der Waals surface area contributed by atoms with Crippen LogP contribution in [0.15, 0.2) is 72.8 Å². The number of amides is 2. The van der Waals surface area contributed by atoms with Crippen molar-refractivity contribution in [1.82, 2.24) is 15.7 Å². The van der Waals surface area contributed by atoms with Crippen LogP contribution in [0.1, 0.15) is 73.2 Å². The quantitative estimate of drug-likeness (QED) is 0.142. The van der Waals surface area contributed by atoms with Gasteiger partial charge in [-0.15, -0.1) is 0 Å². The molecule has 2 heterocycles. The average molecular weight is 618 g/mol. The van der Waals surface area contributed by atoms with E-state index in [2.05, 4.69) is 10.2 Å². The van der Waals surface area contributed by atoms with Crippen LogP contribution in [0.2, 0.25) is 0 Å². The molecule has 0 aliphatic carbocycles. The number of likely N-dealkylation sites (tertiary alicyclic amines) is 1. The van der Waals surface area contributed by atoms with E-state index in [-0.39, 0.29) is 50.2 Å². The average Bonchev–Trinajstić information content (AvgIpc) is 3.54. The molecule has 2 saturated heterocycles. The van der Waals surface area contributed by atoms with E-state index in [1.165, 1.54) is 0 Å². The van der Waals surface area contributed by atoms with E-state index in [1.54, 1.807) is 5.48 Å². The van der Waals surface area contributed by atoms with E-state index in [0.29, 0.717) is 19.4 Å². The van der Waals surface area contributed by atoms with Crippen LogP contribution < -0.4 is 10.8 Å². The Morgan fingerprint density at radius 1 is 0.889 bits per heavy atom. The van der Waals surface area contributed by atoms with Crippen molar-refractivity contribution in [3.8, 4) is 11.1 Å². The molecule has 5 N–H and O–H groups in total. The Balaban J connectivity index is 1.28. The molecule has 2 aliphatic rings. The highest BCUT2D eigenvalue weighted by molar-refractivity contribution is 5.78. The van der Waals surface area contributed by atoms with Crippen molar-refractivity contribution >= 4 is 11.8 Å². The van der Waals surface area contributed by atoms with Gasteiger partial charge in [0.2, 0.25) is 11.8 Å². The maximum absolute atomic E-state index is 12.3. The van der Waals surface area contributed by atoms with Gasteiger partial charge in [0.25, 0.3) is 0 Å². The highest BCUT2D eigenvalue weighted by Crippen LogP contribution is 2.39. The summed E-state index contributed by atoms with van der Waals surface area (Å²) in [5.41, 5.74) is 7.32. The zero-order chi connectivity index (χ0) is 31.6. The fourth-order valence-electron chi connectivity index (χ4n) is 6.16. The summed E-state index contributed by atoms with van der Waals surface area (Å²) in [4.78, 5) is 25.8. The van der Waals surface area contributed by atoms with Crippen LogP contribution in [-0.2, 0) is 32.2 Å². The van der Waals surface area contributed by atoms with Crippen LogP contribution in [0.4, 0.5) is 0 Å². The SMILES string of the molecule is O=C(CCCC(=O)NCc1ccccc1-c1ccc([C@@H]2O[C@H](CN3CCC[C@H]3CO)C[C@H](c3ccc(CO)cc3)O2)cc1)NO. The molecule has 2 fully saturated rings. The minimum atomic E-state index is -0.571. The number of nitrogens with one attached hydrogen (secondary N) is 2. The number of hydrogen-bond acceptors (Lipinski definition) is 8. The van der Waals surface area contributed by atoms with Crippen molar-refractivity contribution in [2.24, 2.45) is 0 Å². The summed E-state index contributed by atoms with van der Waals surface area (Å²) >= 11 is 0. The largest absolute Gasteiger partial charge is 0.395 e. The van der Waals surface area contributed by atoms with Crippen LogP contribution in [0.25, 0.3) is 11.1 Å². The first-order valence-corrected chi connectivity index (χ1v) is 15.7. The van der Waals surface area contributed by atoms with Gasteiger partial charge in [-0.2, -0.15) is 0 Å². The van der Waals surface area contributed by atoms with Crippen molar-refractivity contribution in [1.29, 1.82) is 0 Å². The van der Waals surface area contributed by atoms with Crippen molar-refractivity contribution in [2.75, 3.05) is 19.7 Å². The number of rotatable bonds is 13. The molecule has 0 saturated carbocycles. The highest BCUT2D eigenvalue weighted by Gasteiger charge is 2.35. The molecule has 3 aromatic carbocycles. The second kappa shape index (κ2) is 16.1. The molecule has 5 rings (SSSR count). The van der Waals surface area contributed by atoms with Gasteiger partial charge < -0.3 is 25.0 Å². The number of benzene rings is 3. The van der Waals surface area contributed by atoms with Gasteiger partial charge in [0.1, 0.15) is 0 Å². The lowest BCUT2D eigenvalue weighted by molar-refractivity contribution is -0.253. The van der Waals surface area contributed by atoms with Crippen molar-refractivity contribution in [2.45, 2.75) is 76.2 Å². The maximum Gasteiger partial charge on any atom is 0.243 e. The lowest BCUT2D eigenvalue weighted by Crippen LogP contribution is -2.42. The fourth-order valence-corrected chi connectivity index (χ4v) is 6.16. The van der Waals surface area contributed by atoms with Gasteiger partial charge in [0.15, 0.2) is 6.29 Å². The molecule has 4 atom stereocenters. The van der Waals surface area contributed by atoms with Crippen LogP contribution in [0, 0.1) is 0 Å². The van der Waals surface area contributed by atoms with Gasteiger partial charge in [-0.05, 0) is 53.6 Å². The summed E-state index contributed by atoms with van der Waals surface area (Å²) in [5.74, 6) is -0.669. The monoisotopic (exact) mass is 617 g/mol. The molecule has 0 aromatic heterocycles. The molecule has 0 radical (unpaired) electrons. The van der Waals surface area contributed by atoms with Gasteiger partial charge in [-0.1, -0.05) is 72.8 Å². The molecular formula is C35H43N3O7. The zero-order valence-corrected chi connectivity index (χ0v) is 25.4. The molecule has 0 unspecified atom stereocenters. The van der Waals surface area contributed by atoms with Crippen LogP contribution in [-0.4, -0.2) is 64.0 Å². The number of ether oxygens (including phenoxy) is 2. The predicted molar refractivity (Wildman–Crippen MR) is 168 cm³/mol. The summed E-state index contributed by atoms with van der Waals surface area (Å²) in [7, 11) is 0. The lowest BCUT2D eigenvalue weighted by Gasteiger charge is -2.38. The van der Waals surface area contributed by atoms with E-state index < -0.39 is 12.2 Å². The van der Waals surface area contributed by atoms with E-state index in [1.807, 2.05) is 72.8 Å². The number of aliphatic hydroxyl groups excluding tert-OH is 2. The van der Waals surface area contributed by atoms with Gasteiger partial charge in [-0.3, -0.25) is 19.7 Å². The summed E-state index contributed by atoms with van der Waals surface area (Å²) in [6, 6.07) is 24.0. The minimum Gasteiger partial charge on any atom is -0.395 e. The first kappa shape index (κ1) is 32.7. The van der Waals surface area contributed by atoms with Gasteiger partial charge in [0.05, 0.1) is 25.4 Å². The van der Waals surface area contributed by atoms with E-state index in [4.69, 9.17) is 14.7 Å². The Morgan fingerprint density at radius 2 is 1.62 bits per heavy atom. The standard InChI is InChI=1S/C35H43N3O7/c39-22-24-10-12-26(13-11-24)32-19-30(21-38-18-4-6-29(38)23-40)44-35(45-32)27-16-14-25(15-17-27)31-7-2-1-5-28(31)20-36-33(41)8-3-9-34(42)37-43/h1-2,5,7,10-17,29-30,32,35,39-40,43H,3-4,6,8-9,18-23H2,(H,36,41)(H,37,42)/t29-,30-,32+,35+/m0/s1. The molecule has 10 nitrogen and oxygen atoms in total. The zero-order valence-electron chi connectivity index (χ0n) is 25.4. The molecule has 0 bridgehead atoms. The molecule has 3 aromatic rings. The maximum atomic E-state index is 12.3. The molecule has 10 heteroatoms. The third-order valence-electron chi connectivity index (χ3n) is 8.68. The van der Waals surface area contributed by atoms with Crippen molar-refractivity contribution in [3.63, 3.8) is 0 Å². The summed E-state index contributed by atoms with van der Waals surface area (Å²) in [5, 5.41) is 30.9. The Labute approximate surface area is 263 Å². The van der Waals surface area contributed by atoms with Crippen LogP contribution in [0.5, 0.6) is 0 Å². The van der Waals surface area contributed by atoms with Gasteiger partial charge in [0, 0.05) is 44.0 Å². The smallest absolute Gasteiger partial charge is 0.243 e. The minimum absolute atomic E-state index is 0.00890. The summed E-state index contributed by atoms with van der Waals surface area (Å²) < 4.78 is 13.1. The second-order valence-corrected chi connectivity index (χ2v) is 11.8. The highest BCUT2D eigenvalue weighted by atomic mass is 16.7. The third kappa shape index (κ3) is 8.76. The Hall–Kier alpha value is -3.64. The lowest BCUT2D eigenvalue weighted by atomic mass is 9.97. The molecular weight excluding hydrogens is 574 g/mol. The first-order chi connectivity index (χ1) is 22.0. The van der Waals surface area contributed by atoms with Crippen molar-refractivity contribution in [3.05, 3.63) is 95.1 Å². The topological polar surface area (TPSA) is 141 Å². The second-order valence-electron chi connectivity index (χ2n) is 11.8.